The van der Waals surface area contributed by atoms with Crippen LogP contribution in [0.1, 0.15) is 52.2 Å². The number of aromatic hydroxyl groups is 1. The maximum absolute atomic E-state index is 13.9. The lowest BCUT2D eigenvalue weighted by atomic mass is 10.0. The van der Waals surface area contributed by atoms with Crippen LogP contribution in [-0.2, 0) is 11.4 Å². The van der Waals surface area contributed by atoms with Gasteiger partial charge in [-0.05, 0) is 13.2 Å². The zero-order valence-electron chi connectivity index (χ0n) is 19.4. The number of thioether (sulfide) groups is 1. The summed E-state index contributed by atoms with van der Waals surface area (Å²) in [6.07, 6.45) is 3.73. The molecule has 2 atom stereocenters. The summed E-state index contributed by atoms with van der Waals surface area (Å²) < 4.78 is 42.4. The van der Waals surface area contributed by atoms with Crippen molar-refractivity contribution in [3.05, 3.63) is 62.8 Å². The number of fused-ring (bicyclic) bond motifs is 4. The number of oxime groups is 1. The van der Waals surface area contributed by atoms with Crippen molar-refractivity contribution in [3.63, 3.8) is 0 Å². The van der Waals surface area contributed by atoms with Crippen molar-refractivity contribution >= 4 is 28.6 Å². The molecule has 0 fully saturated rings. The molecule has 0 saturated carbocycles. The molecule has 1 unspecified atom stereocenters. The Bertz CT molecular complexity index is 1290. The number of benzene rings is 1. The average Bonchev–Trinajstić information content (AvgIpc) is 2.82. The number of pyridine rings is 1. The Balaban J connectivity index is 1.72. The molecule has 0 radical (unpaired) electrons. The fourth-order valence-electron chi connectivity index (χ4n) is 4.22. The molecule has 0 saturated heterocycles. The van der Waals surface area contributed by atoms with Crippen molar-refractivity contribution in [1.29, 1.82) is 0 Å². The number of carbonyl (C=O) groups excluding carboxylic acids is 2. The average molecular weight is 525 g/mol. The summed E-state index contributed by atoms with van der Waals surface area (Å²) in [6.45, 7) is 1.67. The predicted molar refractivity (Wildman–Crippen MR) is 126 cm³/mol. The highest BCUT2D eigenvalue weighted by atomic mass is 32.2. The smallest absolute Gasteiger partial charge is 0.274 e. The number of nitrogens with one attached hydrogen (secondary N) is 1. The summed E-state index contributed by atoms with van der Waals surface area (Å²) in [6, 6.07) is 0.184. The Labute approximate surface area is 207 Å². The van der Waals surface area contributed by atoms with E-state index in [4.69, 9.17) is 4.84 Å². The Morgan fingerprint density at radius 3 is 2.64 bits per heavy atom. The molecule has 2 aromatic rings. The van der Waals surface area contributed by atoms with Crippen molar-refractivity contribution in [2.45, 2.75) is 38.4 Å². The minimum atomic E-state index is -1.20. The lowest BCUT2D eigenvalue weighted by Gasteiger charge is -2.40. The molecule has 3 heterocycles. The zero-order valence-corrected chi connectivity index (χ0v) is 20.2. The lowest BCUT2D eigenvalue weighted by molar-refractivity contribution is 0.0499. The second-order valence-corrected chi connectivity index (χ2v) is 9.36. The van der Waals surface area contributed by atoms with Crippen LogP contribution in [0.4, 0.5) is 13.2 Å². The van der Waals surface area contributed by atoms with Crippen molar-refractivity contribution < 1.29 is 32.7 Å². The molecule has 4 rings (SSSR count). The number of hydrogen-bond donors (Lipinski definition) is 2. The van der Waals surface area contributed by atoms with E-state index in [1.165, 1.54) is 16.3 Å². The minimum Gasteiger partial charge on any atom is -0.503 e. The summed E-state index contributed by atoms with van der Waals surface area (Å²) in [4.78, 5) is 45.8. The number of carbonyl (C=O) groups is 2. The third-order valence-electron chi connectivity index (χ3n) is 6.22. The standard InChI is InChI=1S/C23H23F3N4O5S/c1-11-3-4-35-28-18(36-2)7-13-9-29(11)23(34)19-21(32)20(31)15(10-30(13)19)22(33)27-8-14-16(25)5-12(24)6-17(14)26/h5-6,10-11,13,32H,3-4,7-9H2,1-2H3,(H,27,33)/b28-18+/t11-,13?/m0/s1. The Morgan fingerprint density at radius 1 is 1.28 bits per heavy atom. The summed E-state index contributed by atoms with van der Waals surface area (Å²) in [7, 11) is 0. The van der Waals surface area contributed by atoms with Gasteiger partial charge in [-0.3, -0.25) is 14.4 Å². The lowest BCUT2D eigenvalue weighted by Crippen LogP contribution is -2.49. The van der Waals surface area contributed by atoms with E-state index in [2.05, 4.69) is 10.5 Å². The van der Waals surface area contributed by atoms with Gasteiger partial charge in [-0.15, -0.1) is 11.8 Å². The summed E-state index contributed by atoms with van der Waals surface area (Å²) in [5.41, 5.74) is -2.48. The zero-order chi connectivity index (χ0) is 26.1. The van der Waals surface area contributed by atoms with E-state index >= 15 is 0 Å². The molecule has 2 amide bonds. The molecule has 2 aliphatic heterocycles. The Hall–Kier alpha value is -3.48. The van der Waals surface area contributed by atoms with Crippen molar-refractivity contribution in [1.82, 2.24) is 14.8 Å². The Morgan fingerprint density at radius 2 is 1.97 bits per heavy atom. The maximum Gasteiger partial charge on any atom is 0.274 e. The van der Waals surface area contributed by atoms with Gasteiger partial charge < -0.3 is 24.7 Å². The van der Waals surface area contributed by atoms with Crippen LogP contribution in [0.5, 0.6) is 5.75 Å². The molecule has 1 aromatic carbocycles. The van der Waals surface area contributed by atoms with Crippen LogP contribution >= 0.6 is 11.8 Å². The van der Waals surface area contributed by atoms with Crippen LogP contribution in [0.25, 0.3) is 0 Å². The topological polar surface area (TPSA) is 113 Å². The van der Waals surface area contributed by atoms with Crippen LogP contribution in [-0.4, -0.2) is 56.9 Å². The summed E-state index contributed by atoms with van der Waals surface area (Å²) in [5, 5.41) is 17.7. The molecule has 2 N–H and O–H groups in total. The van der Waals surface area contributed by atoms with Gasteiger partial charge in [0.2, 0.25) is 5.43 Å². The minimum absolute atomic E-state index is 0.238. The van der Waals surface area contributed by atoms with Gasteiger partial charge in [-0.1, -0.05) is 5.16 Å². The molecule has 192 valence electrons. The number of hydrogen-bond acceptors (Lipinski definition) is 7. The quantitative estimate of drug-likeness (QED) is 0.639. The monoisotopic (exact) mass is 524 g/mol. The van der Waals surface area contributed by atoms with Gasteiger partial charge in [0.25, 0.3) is 11.8 Å². The highest BCUT2D eigenvalue weighted by Gasteiger charge is 2.38. The van der Waals surface area contributed by atoms with E-state index in [0.717, 1.165) is 6.20 Å². The molecule has 1 aromatic heterocycles. The summed E-state index contributed by atoms with van der Waals surface area (Å²) >= 11 is 1.34. The number of rotatable bonds is 3. The molecule has 13 heteroatoms. The predicted octanol–water partition coefficient (Wildman–Crippen LogP) is 2.77. The molecular weight excluding hydrogens is 501 g/mol. The van der Waals surface area contributed by atoms with E-state index in [0.29, 0.717) is 30.0 Å². The van der Waals surface area contributed by atoms with E-state index in [1.54, 1.807) is 11.2 Å². The van der Waals surface area contributed by atoms with Crippen LogP contribution in [0.15, 0.2) is 28.3 Å². The van der Waals surface area contributed by atoms with E-state index in [-0.39, 0.29) is 24.9 Å². The number of nitrogens with zero attached hydrogens (tertiary/aromatic N) is 3. The first-order valence-electron chi connectivity index (χ1n) is 11.1. The first kappa shape index (κ1) is 25.6. The first-order chi connectivity index (χ1) is 17.1. The molecule has 2 bridgehead atoms. The van der Waals surface area contributed by atoms with Crippen LogP contribution in [0.3, 0.4) is 0 Å². The molecular formula is C23H23F3N4O5S. The van der Waals surface area contributed by atoms with Crippen molar-refractivity contribution in [2.75, 3.05) is 19.4 Å². The van der Waals surface area contributed by atoms with Gasteiger partial charge in [-0.2, -0.15) is 0 Å². The van der Waals surface area contributed by atoms with E-state index in [1.807, 2.05) is 6.92 Å². The van der Waals surface area contributed by atoms with Gasteiger partial charge >= 0.3 is 0 Å². The number of aromatic nitrogens is 1. The fourth-order valence-corrected chi connectivity index (χ4v) is 4.71. The second kappa shape index (κ2) is 10.2. The highest BCUT2D eigenvalue weighted by Crippen LogP contribution is 2.32. The van der Waals surface area contributed by atoms with Gasteiger partial charge in [0.15, 0.2) is 11.4 Å². The Kier molecular flexibility index (Phi) is 7.29. The fraction of sp³-hybridized carbons (Fsp3) is 0.391. The van der Waals surface area contributed by atoms with Crippen LogP contribution in [0, 0.1) is 17.5 Å². The van der Waals surface area contributed by atoms with Gasteiger partial charge in [-0.25, -0.2) is 13.2 Å². The number of halogens is 3. The second-order valence-electron chi connectivity index (χ2n) is 8.48. The van der Waals surface area contributed by atoms with E-state index in [9.17, 15) is 32.7 Å². The largest absolute Gasteiger partial charge is 0.503 e. The van der Waals surface area contributed by atoms with Crippen LogP contribution in [0.2, 0.25) is 0 Å². The van der Waals surface area contributed by atoms with Gasteiger partial charge in [0, 0.05) is 55.9 Å². The van der Waals surface area contributed by atoms with Crippen LogP contribution < -0.4 is 10.7 Å². The van der Waals surface area contributed by atoms with Gasteiger partial charge in [0.1, 0.15) is 34.7 Å². The van der Waals surface area contributed by atoms with Gasteiger partial charge in [0.05, 0.1) is 6.04 Å². The van der Waals surface area contributed by atoms with Crippen molar-refractivity contribution in [3.8, 4) is 5.75 Å². The normalized spacial score (nSPS) is 21.2. The SMILES string of the molecule is CS/C1=N/OCC[C@H](C)N2CC(C1)n1cc(C(=O)NCc3c(F)cc(F)cc3F)c(=O)c(O)c1C2=O. The first-order valence-corrected chi connectivity index (χ1v) is 12.3. The molecule has 2 aliphatic rings. The third-order valence-corrected chi connectivity index (χ3v) is 6.93. The molecule has 0 spiro atoms. The summed E-state index contributed by atoms with van der Waals surface area (Å²) in [5.74, 6) is -6.02. The maximum atomic E-state index is 13.9. The highest BCUT2D eigenvalue weighted by molar-refractivity contribution is 8.13. The van der Waals surface area contributed by atoms with Crippen molar-refractivity contribution in [2.24, 2.45) is 5.16 Å². The molecule has 36 heavy (non-hydrogen) atoms. The molecule has 9 nitrogen and oxygen atoms in total. The number of amides is 2. The van der Waals surface area contributed by atoms with E-state index < -0.39 is 64.2 Å². The third kappa shape index (κ3) is 4.79. The molecule has 0 aliphatic carbocycles.